The third-order valence-corrected chi connectivity index (χ3v) is 5.98. The molecule has 30 heavy (non-hydrogen) atoms. The Labute approximate surface area is 186 Å². The van der Waals surface area contributed by atoms with E-state index in [1.807, 2.05) is 45.9 Å². The first-order valence-electron chi connectivity index (χ1n) is 10.3. The van der Waals surface area contributed by atoms with Crippen molar-refractivity contribution in [2.45, 2.75) is 59.0 Å². The van der Waals surface area contributed by atoms with Gasteiger partial charge in [-0.05, 0) is 70.7 Å². The van der Waals surface area contributed by atoms with Crippen molar-refractivity contribution < 1.29 is 19.1 Å². The summed E-state index contributed by atoms with van der Waals surface area (Å²) in [5.74, 6) is -0.165. The van der Waals surface area contributed by atoms with Gasteiger partial charge in [-0.15, -0.1) is 0 Å². The number of nitrogens with zero attached hydrogens (tertiary/aromatic N) is 2. The summed E-state index contributed by atoms with van der Waals surface area (Å²) in [5, 5.41) is 0.910. The highest BCUT2D eigenvalue weighted by molar-refractivity contribution is 9.10. The lowest BCUT2D eigenvalue weighted by atomic mass is 9.65. The smallest absolute Gasteiger partial charge is 0.414 e. The van der Waals surface area contributed by atoms with Crippen LogP contribution in [0.2, 0.25) is 0 Å². The number of carbonyl (C=O) groups excluding carboxylic acids is 2. The number of esters is 1. The minimum Gasteiger partial charge on any atom is -0.466 e. The number of aromatic nitrogens is 1. The molecule has 0 spiro atoms. The van der Waals surface area contributed by atoms with Crippen molar-refractivity contribution in [2.24, 2.45) is 5.41 Å². The zero-order valence-electron chi connectivity index (χ0n) is 18.3. The lowest BCUT2D eigenvalue weighted by Crippen LogP contribution is -2.42. The van der Waals surface area contributed by atoms with E-state index in [1.165, 1.54) is 4.90 Å². The molecule has 1 aromatic heterocycles. The SMILES string of the molecule is CCOC(=O)C1(Cc2c(N(C)C(=O)OC(C)(C)C)cnc3ccc(Br)cc23)CCC1. The molecule has 1 aliphatic rings. The number of anilines is 1. The average Bonchev–Trinajstić information content (AvgIpc) is 2.62. The van der Waals surface area contributed by atoms with Crippen LogP contribution in [0.15, 0.2) is 28.9 Å². The number of fused-ring (bicyclic) bond motifs is 1. The zero-order chi connectivity index (χ0) is 22.1. The number of amides is 1. The van der Waals surface area contributed by atoms with Gasteiger partial charge in [0.05, 0.1) is 29.4 Å². The fraction of sp³-hybridized carbons (Fsp3) is 0.522. The van der Waals surface area contributed by atoms with E-state index >= 15 is 0 Å². The predicted octanol–water partition coefficient (Wildman–Crippen LogP) is 5.64. The Balaban J connectivity index is 2.09. The summed E-state index contributed by atoms with van der Waals surface area (Å²) in [4.78, 5) is 31.6. The molecule has 162 valence electrons. The van der Waals surface area contributed by atoms with E-state index in [0.717, 1.165) is 40.2 Å². The normalized spacial score (nSPS) is 15.4. The van der Waals surface area contributed by atoms with E-state index in [2.05, 4.69) is 20.9 Å². The Bertz CT molecular complexity index is 964. The van der Waals surface area contributed by atoms with Crippen LogP contribution >= 0.6 is 15.9 Å². The molecule has 1 fully saturated rings. The fourth-order valence-electron chi connectivity index (χ4n) is 3.79. The molecule has 1 saturated carbocycles. The van der Waals surface area contributed by atoms with Crippen molar-refractivity contribution in [3.8, 4) is 0 Å². The van der Waals surface area contributed by atoms with Crippen molar-refractivity contribution in [1.82, 2.24) is 4.98 Å². The van der Waals surface area contributed by atoms with Gasteiger partial charge in [-0.2, -0.15) is 0 Å². The predicted molar refractivity (Wildman–Crippen MR) is 121 cm³/mol. The highest BCUT2D eigenvalue weighted by atomic mass is 79.9. The van der Waals surface area contributed by atoms with Gasteiger partial charge in [0.2, 0.25) is 0 Å². The maximum atomic E-state index is 12.8. The molecule has 0 bridgehead atoms. The lowest BCUT2D eigenvalue weighted by Gasteiger charge is -2.40. The molecule has 1 aromatic carbocycles. The molecule has 1 aliphatic carbocycles. The van der Waals surface area contributed by atoms with Gasteiger partial charge in [0, 0.05) is 16.9 Å². The second-order valence-corrected chi connectivity index (χ2v) is 9.77. The maximum Gasteiger partial charge on any atom is 0.414 e. The molecule has 2 aromatic rings. The molecule has 1 heterocycles. The lowest BCUT2D eigenvalue weighted by molar-refractivity contribution is -0.161. The van der Waals surface area contributed by atoms with Crippen molar-refractivity contribution in [2.75, 3.05) is 18.6 Å². The summed E-state index contributed by atoms with van der Waals surface area (Å²) in [6, 6.07) is 5.85. The summed E-state index contributed by atoms with van der Waals surface area (Å²) in [5.41, 5.74) is 1.19. The monoisotopic (exact) mass is 476 g/mol. The molecule has 0 radical (unpaired) electrons. The Kier molecular flexibility index (Phi) is 6.41. The van der Waals surface area contributed by atoms with Crippen LogP contribution < -0.4 is 4.90 Å². The van der Waals surface area contributed by atoms with Gasteiger partial charge in [0.25, 0.3) is 0 Å². The Morgan fingerprint density at radius 1 is 1.27 bits per heavy atom. The highest BCUT2D eigenvalue weighted by Gasteiger charge is 2.46. The molecular formula is C23H29BrN2O4. The Morgan fingerprint density at radius 2 is 1.97 bits per heavy atom. The van der Waals surface area contributed by atoms with Crippen molar-refractivity contribution >= 4 is 44.6 Å². The van der Waals surface area contributed by atoms with Gasteiger partial charge in [-0.3, -0.25) is 14.7 Å². The van der Waals surface area contributed by atoms with Crippen LogP contribution in [-0.2, 0) is 20.7 Å². The average molecular weight is 477 g/mol. The van der Waals surface area contributed by atoms with E-state index in [9.17, 15) is 9.59 Å². The van der Waals surface area contributed by atoms with E-state index < -0.39 is 17.1 Å². The molecule has 0 aliphatic heterocycles. The second kappa shape index (κ2) is 8.53. The summed E-state index contributed by atoms with van der Waals surface area (Å²) >= 11 is 3.54. The summed E-state index contributed by atoms with van der Waals surface area (Å²) < 4.78 is 11.9. The largest absolute Gasteiger partial charge is 0.466 e. The van der Waals surface area contributed by atoms with Crippen LogP contribution in [0.25, 0.3) is 10.9 Å². The molecule has 0 atom stereocenters. The molecular weight excluding hydrogens is 448 g/mol. The van der Waals surface area contributed by atoms with Crippen LogP contribution in [0.4, 0.5) is 10.5 Å². The molecule has 3 rings (SSSR count). The van der Waals surface area contributed by atoms with E-state index in [1.54, 1.807) is 13.2 Å². The number of pyridine rings is 1. The highest BCUT2D eigenvalue weighted by Crippen LogP contribution is 2.47. The number of rotatable bonds is 5. The standard InChI is InChI=1S/C23H29BrN2O4/c1-6-29-20(27)23(10-7-11-23)13-17-16-12-15(24)8-9-18(16)25-14-19(17)26(5)21(28)30-22(2,3)4/h8-9,12,14H,6-7,10-11,13H2,1-5H3. The molecule has 0 saturated heterocycles. The Morgan fingerprint density at radius 3 is 2.53 bits per heavy atom. The van der Waals surface area contributed by atoms with Crippen LogP contribution in [-0.4, -0.2) is 36.3 Å². The van der Waals surface area contributed by atoms with E-state index in [4.69, 9.17) is 9.47 Å². The van der Waals surface area contributed by atoms with Crippen molar-refractivity contribution in [1.29, 1.82) is 0 Å². The number of carbonyl (C=O) groups is 2. The quantitative estimate of drug-likeness (QED) is 0.521. The van der Waals surface area contributed by atoms with Crippen molar-refractivity contribution in [3.05, 3.63) is 34.4 Å². The van der Waals surface area contributed by atoms with E-state index in [-0.39, 0.29) is 5.97 Å². The van der Waals surface area contributed by atoms with Gasteiger partial charge in [-0.1, -0.05) is 22.4 Å². The number of halogens is 1. The molecule has 1 amide bonds. The Hall–Kier alpha value is -2.15. The second-order valence-electron chi connectivity index (χ2n) is 8.85. The minimum absolute atomic E-state index is 0.165. The van der Waals surface area contributed by atoms with Crippen LogP contribution in [0.5, 0.6) is 0 Å². The van der Waals surface area contributed by atoms with Gasteiger partial charge in [0.1, 0.15) is 5.60 Å². The number of benzene rings is 1. The van der Waals surface area contributed by atoms with Crippen LogP contribution in [0.1, 0.15) is 52.5 Å². The van der Waals surface area contributed by atoms with E-state index in [0.29, 0.717) is 18.7 Å². The number of hydrogen-bond donors (Lipinski definition) is 0. The zero-order valence-corrected chi connectivity index (χ0v) is 19.8. The first-order chi connectivity index (χ1) is 14.1. The third kappa shape index (κ3) is 4.61. The van der Waals surface area contributed by atoms with Crippen LogP contribution in [0, 0.1) is 5.41 Å². The number of hydrogen-bond acceptors (Lipinski definition) is 5. The number of ether oxygens (including phenoxy) is 2. The topological polar surface area (TPSA) is 68.7 Å². The van der Waals surface area contributed by atoms with Crippen molar-refractivity contribution in [3.63, 3.8) is 0 Å². The summed E-state index contributed by atoms with van der Waals surface area (Å²) in [6.07, 6.45) is 4.26. The van der Waals surface area contributed by atoms with Crippen LogP contribution in [0.3, 0.4) is 0 Å². The van der Waals surface area contributed by atoms with Gasteiger partial charge < -0.3 is 9.47 Å². The molecule has 0 unspecified atom stereocenters. The molecule has 0 N–H and O–H groups in total. The fourth-order valence-corrected chi connectivity index (χ4v) is 4.15. The first-order valence-corrected chi connectivity index (χ1v) is 11.1. The molecule has 7 heteroatoms. The summed E-state index contributed by atoms with van der Waals surface area (Å²) in [6.45, 7) is 7.68. The molecule has 6 nitrogen and oxygen atoms in total. The first kappa shape index (κ1) is 22.5. The third-order valence-electron chi connectivity index (χ3n) is 5.48. The summed E-state index contributed by atoms with van der Waals surface area (Å²) in [7, 11) is 1.68. The van der Waals surface area contributed by atoms with Gasteiger partial charge in [0.15, 0.2) is 0 Å². The maximum absolute atomic E-state index is 12.8. The van der Waals surface area contributed by atoms with Gasteiger partial charge in [-0.25, -0.2) is 4.79 Å². The minimum atomic E-state index is -0.612. The van der Waals surface area contributed by atoms with Gasteiger partial charge >= 0.3 is 12.1 Å².